The van der Waals surface area contributed by atoms with Gasteiger partial charge in [-0.15, -0.1) is 11.3 Å². The van der Waals surface area contributed by atoms with Crippen molar-refractivity contribution in [3.05, 3.63) is 33.8 Å². The highest BCUT2D eigenvalue weighted by molar-refractivity contribution is 7.12. The molecule has 0 spiro atoms. The average molecular weight is 207 g/mol. The normalized spacial score (nSPS) is 10.4. The maximum atomic E-state index is 4.10. The summed E-state index contributed by atoms with van der Waals surface area (Å²) < 4.78 is 0. The third-order valence-corrected chi connectivity index (χ3v) is 3.30. The van der Waals surface area contributed by atoms with Crippen LogP contribution in [-0.2, 0) is 6.54 Å². The van der Waals surface area contributed by atoms with Crippen molar-refractivity contribution in [3.63, 3.8) is 0 Å². The fourth-order valence-corrected chi connectivity index (χ4v) is 2.26. The first-order valence-corrected chi connectivity index (χ1v) is 5.36. The Morgan fingerprint density at radius 3 is 2.93 bits per heavy atom. The lowest BCUT2D eigenvalue weighted by atomic mass is 10.3. The summed E-state index contributed by atoms with van der Waals surface area (Å²) in [7, 11) is 0. The van der Waals surface area contributed by atoms with E-state index in [1.807, 2.05) is 17.5 Å². The minimum atomic E-state index is 0.828. The van der Waals surface area contributed by atoms with Crippen LogP contribution in [0.15, 0.2) is 18.5 Å². The number of H-pyrrole nitrogens is 1. The van der Waals surface area contributed by atoms with Gasteiger partial charge in [-0.3, -0.25) is 0 Å². The maximum absolute atomic E-state index is 4.10. The minimum Gasteiger partial charge on any atom is -0.351 e. The molecule has 0 aliphatic heterocycles. The molecule has 2 aromatic rings. The number of imidazole rings is 1. The molecule has 0 fully saturated rings. The number of aromatic amines is 1. The standard InChI is InChI=1S/C10H13N3S/c1-7-5-9(14-8(7)2)6-13-10-11-3-4-12-10/h3-5H,6H2,1-2H3,(H2,11,12,13). The van der Waals surface area contributed by atoms with E-state index < -0.39 is 0 Å². The van der Waals surface area contributed by atoms with E-state index in [1.54, 1.807) is 6.20 Å². The van der Waals surface area contributed by atoms with Crippen LogP contribution in [0.4, 0.5) is 5.95 Å². The Bertz CT molecular complexity index is 383. The SMILES string of the molecule is Cc1cc(CNc2ncc[nH]2)sc1C. The van der Waals surface area contributed by atoms with Gasteiger partial charge in [-0.2, -0.15) is 0 Å². The molecule has 0 unspecified atom stereocenters. The first-order chi connectivity index (χ1) is 6.75. The lowest BCUT2D eigenvalue weighted by Gasteiger charge is -1.98. The summed E-state index contributed by atoms with van der Waals surface area (Å²) in [5, 5.41) is 3.23. The molecule has 0 aliphatic carbocycles. The van der Waals surface area contributed by atoms with Gasteiger partial charge in [-0.25, -0.2) is 4.98 Å². The molecule has 2 rings (SSSR count). The third-order valence-electron chi connectivity index (χ3n) is 2.15. The van der Waals surface area contributed by atoms with Gasteiger partial charge >= 0.3 is 0 Å². The molecule has 3 nitrogen and oxygen atoms in total. The zero-order valence-corrected chi connectivity index (χ0v) is 9.11. The van der Waals surface area contributed by atoms with E-state index in [2.05, 4.69) is 35.2 Å². The predicted molar refractivity (Wildman–Crippen MR) is 59.7 cm³/mol. The second kappa shape index (κ2) is 3.84. The molecule has 14 heavy (non-hydrogen) atoms. The molecule has 0 aromatic carbocycles. The molecule has 0 radical (unpaired) electrons. The number of anilines is 1. The average Bonchev–Trinajstić information content (AvgIpc) is 2.74. The summed E-state index contributed by atoms with van der Waals surface area (Å²) in [5.74, 6) is 0.828. The van der Waals surface area contributed by atoms with Crippen molar-refractivity contribution in [2.24, 2.45) is 0 Å². The van der Waals surface area contributed by atoms with Crippen LogP contribution in [0.1, 0.15) is 15.3 Å². The number of aryl methyl sites for hydroxylation is 2. The molecular formula is C10H13N3S. The molecule has 74 valence electrons. The van der Waals surface area contributed by atoms with Crippen LogP contribution in [0.25, 0.3) is 0 Å². The van der Waals surface area contributed by atoms with Gasteiger partial charge in [0.25, 0.3) is 0 Å². The van der Waals surface area contributed by atoms with Crippen molar-refractivity contribution in [1.29, 1.82) is 0 Å². The minimum absolute atomic E-state index is 0.828. The summed E-state index contributed by atoms with van der Waals surface area (Å²) in [6, 6.07) is 2.22. The summed E-state index contributed by atoms with van der Waals surface area (Å²) >= 11 is 1.83. The van der Waals surface area contributed by atoms with E-state index in [9.17, 15) is 0 Å². The van der Waals surface area contributed by atoms with E-state index >= 15 is 0 Å². The van der Waals surface area contributed by atoms with E-state index in [0.29, 0.717) is 0 Å². The molecule has 0 bridgehead atoms. The fraction of sp³-hybridized carbons (Fsp3) is 0.300. The van der Waals surface area contributed by atoms with Crippen LogP contribution >= 0.6 is 11.3 Å². The van der Waals surface area contributed by atoms with Crippen LogP contribution in [-0.4, -0.2) is 9.97 Å². The Labute approximate surface area is 87.2 Å². The van der Waals surface area contributed by atoms with Gasteiger partial charge in [0.2, 0.25) is 0 Å². The summed E-state index contributed by atoms with van der Waals surface area (Å²) in [5.41, 5.74) is 1.37. The Morgan fingerprint density at radius 2 is 2.36 bits per heavy atom. The van der Waals surface area contributed by atoms with Gasteiger partial charge in [0, 0.05) is 22.1 Å². The van der Waals surface area contributed by atoms with Crippen LogP contribution < -0.4 is 5.32 Å². The van der Waals surface area contributed by atoms with Gasteiger partial charge < -0.3 is 10.3 Å². The first-order valence-electron chi connectivity index (χ1n) is 4.55. The molecule has 0 aliphatic rings. The number of hydrogen-bond acceptors (Lipinski definition) is 3. The summed E-state index contributed by atoms with van der Waals surface area (Å²) in [4.78, 5) is 9.84. The summed E-state index contributed by atoms with van der Waals surface area (Å²) in [6.45, 7) is 5.13. The molecule has 2 N–H and O–H groups in total. The molecule has 0 saturated carbocycles. The van der Waals surface area contributed by atoms with E-state index in [-0.39, 0.29) is 0 Å². The highest BCUT2D eigenvalue weighted by Crippen LogP contribution is 2.20. The van der Waals surface area contributed by atoms with E-state index in [0.717, 1.165) is 12.5 Å². The molecule has 2 aromatic heterocycles. The topological polar surface area (TPSA) is 40.7 Å². The smallest absolute Gasteiger partial charge is 0.200 e. The molecule has 2 heterocycles. The Hall–Kier alpha value is -1.29. The number of hydrogen-bond donors (Lipinski definition) is 2. The molecule has 0 atom stereocenters. The monoisotopic (exact) mass is 207 g/mol. The van der Waals surface area contributed by atoms with Gasteiger partial charge in [-0.1, -0.05) is 0 Å². The molecule has 0 amide bonds. The van der Waals surface area contributed by atoms with Crippen LogP contribution in [0.3, 0.4) is 0 Å². The number of nitrogens with zero attached hydrogens (tertiary/aromatic N) is 1. The Balaban J connectivity index is 1.98. The van der Waals surface area contributed by atoms with E-state index in [1.165, 1.54) is 15.3 Å². The number of rotatable bonds is 3. The van der Waals surface area contributed by atoms with Crippen molar-refractivity contribution in [1.82, 2.24) is 9.97 Å². The zero-order chi connectivity index (χ0) is 9.97. The lowest BCUT2D eigenvalue weighted by Crippen LogP contribution is -1.98. The van der Waals surface area contributed by atoms with Crippen molar-refractivity contribution >= 4 is 17.3 Å². The van der Waals surface area contributed by atoms with Crippen LogP contribution in [0.2, 0.25) is 0 Å². The van der Waals surface area contributed by atoms with Crippen molar-refractivity contribution < 1.29 is 0 Å². The second-order valence-electron chi connectivity index (χ2n) is 3.24. The quantitative estimate of drug-likeness (QED) is 0.812. The predicted octanol–water partition coefficient (Wildman–Crippen LogP) is 2.70. The van der Waals surface area contributed by atoms with Gasteiger partial charge in [0.15, 0.2) is 5.95 Å². The largest absolute Gasteiger partial charge is 0.351 e. The van der Waals surface area contributed by atoms with E-state index in [4.69, 9.17) is 0 Å². The first kappa shape index (κ1) is 9.27. The molecule has 4 heteroatoms. The van der Waals surface area contributed by atoms with Crippen molar-refractivity contribution in [2.75, 3.05) is 5.32 Å². The Kier molecular flexibility index (Phi) is 2.54. The summed E-state index contributed by atoms with van der Waals surface area (Å²) in [6.07, 6.45) is 3.56. The Morgan fingerprint density at radius 1 is 1.50 bits per heavy atom. The maximum Gasteiger partial charge on any atom is 0.200 e. The highest BCUT2D eigenvalue weighted by Gasteiger charge is 2.01. The highest BCUT2D eigenvalue weighted by atomic mass is 32.1. The number of aromatic nitrogens is 2. The second-order valence-corrected chi connectivity index (χ2v) is 4.58. The van der Waals surface area contributed by atoms with Gasteiger partial charge in [0.1, 0.15) is 0 Å². The fourth-order valence-electron chi connectivity index (χ4n) is 1.27. The number of nitrogens with one attached hydrogen (secondary N) is 2. The third kappa shape index (κ3) is 1.96. The van der Waals surface area contributed by atoms with Gasteiger partial charge in [0.05, 0.1) is 6.54 Å². The molecular weight excluding hydrogens is 194 g/mol. The van der Waals surface area contributed by atoms with Crippen LogP contribution in [0, 0.1) is 13.8 Å². The van der Waals surface area contributed by atoms with Gasteiger partial charge in [-0.05, 0) is 25.5 Å². The van der Waals surface area contributed by atoms with Crippen molar-refractivity contribution in [2.45, 2.75) is 20.4 Å². The lowest BCUT2D eigenvalue weighted by molar-refractivity contribution is 1.12. The zero-order valence-electron chi connectivity index (χ0n) is 8.29. The van der Waals surface area contributed by atoms with Crippen molar-refractivity contribution in [3.8, 4) is 0 Å². The van der Waals surface area contributed by atoms with Crippen LogP contribution in [0.5, 0.6) is 0 Å². The molecule has 0 saturated heterocycles. The number of thiophene rings is 1.